The number of amides is 1. The van der Waals surface area contributed by atoms with Crippen LogP contribution in [0.25, 0.3) is 0 Å². The van der Waals surface area contributed by atoms with E-state index in [0.29, 0.717) is 11.7 Å². The first-order valence-corrected chi connectivity index (χ1v) is 7.86. The molecule has 1 amide bonds. The van der Waals surface area contributed by atoms with E-state index < -0.39 is 11.9 Å². The highest BCUT2D eigenvalue weighted by Crippen LogP contribution is 2.27. The number of carboxylic acid groups (broad SMARTS) is 1. The van der Waals surface area contributed by atoms with E-state index in [1.54, 1.807) is 0 Å². The van der Waals surface area contributed by atoms with Crippen LogP contribution in [0.5, 0.6) is 0 Å². The molecule has 7 heteroatoms. The van der Waals surface area contributed by atoms with Crippen LogP contribution in [0.2, 0.25) is 0 Å². The molecule has 0 unspecified atom stereocenters. The zero-order chi connectivity index (χ0) is 16.9. The van der Waals surface area contributed by atoms with Crippen LogP contribution in [-0.4, -0.2) is 33.0 Å². The van der Waals surface area contributed by atoms with E-state index in [1.165, 1.54) is 12.8 Å². The van der Waals surface area contributed by atoms with Gasteiger partial charge in [-0.1, -0.05) is 25.0 Å². The number of carbonyl (C=O) groups is 2. The first-order chi connectivity index (χ1) is 11.6. The lowest BCUT2D eigenvalue weighted by Gasteiger charge is -2.17. The first kappa shape index (κ1) is 15.9. The predicted octanol–water partition coefficient (Wildman–Crippen LogP) is 2.78. The molecule has 1 heterocycles. The molecule has 0 spiro atoms. The van der Waals surface area contributed by atoms with Gasteiger partial charge in [0.1, 0.15) is 5.69 Å². The Morgan fingerprint density at radius 3 is 2.25 bits per heavy atom. The monoisotopic (exact) mass is 326 g/mol. The molecule has 124 valence electrons. The summed E-state index contributed by atoms with van der Waals surface area (Å²) in [5.74, 6) is -1.61. The largest absolute Gasteiger partial charge is 0.476 e. The Balaban J connectivity index is 1.72. The number of carboxylic acids is 1. The lowest BCUT2D eigenvalue weighted by Crippen LogP contribution is -2.19. The van der Waals surface area contributed by atoms with Crippen LogP contribution in [0.15, 0.2) is 36.7 Å². The summed E-state index contributed by atoms with van der Waals surface area (Å²) in [7, 11) is 0. The quantitative estimate of drug-likeness (QED) is 0.780. The van der Waals surface area contributed by atoms with Crippen molar-refractivity contribution in [2.75, 3.05) is 10.6 Å². The minimum Gasteiger partial charge on any atom is -0.476 e. The SMILES string of the molecule is O=C(O)c1cnc(C(=O)Nc2ccccc2NC2CCCC2)cn1. The third kappa shape index (κ3) is 3.68. The predicted molar refractivity (Wildman–Crippen MR) is 89.3 cm³/mol. The molecule has 0 aliphatic heterocycles. The van der Waals surface area contributed by atoms with Crippen molar-refractivity contribution in [1.82, 2.24) is 9.97 Å². The van der Waals surface area contributed by atoms with Gasteiger partial charge in [-0.25, -0.2) is 14.8 Å². The van der Waals surface area contributed by atoms with Crippen LogP contribution in [0, 0.1) is 0 Å². The maximum Gasteiger partial charge on any atom is 0.356 e. The summed E-state index contributed by atoms with van der Waals surface area (Å²) in [6.45, 7) is 0. The van der Waals surface area contributed by atoms with Crippen LogP contribution in [0.3, 0.4) is 0 Å². The normalized spacial score (nSPS) is 14.3. The number of hydrogen-bond acceptors (Lipinski definition) is 5. The molecule has 0 atom stereocenters. The summed E-state index contributed by atoms with van der Waals surface area (Å²) in [4.78, 5) is 30.6. The van der Waals surface area contributed by atoms with E-state index in [1.807, 2.05) is 24.3 Å². The van der Waals surface area contributed by atoms with Gasteiger partial charge in [0.15, 0.2) is 5.69 Å². The molecule has 3 rings (SSSR count). The van der Waals surface area contributed by atoms with Gasteiger partial charge in [-0.05, 0) is 25.0 Å². The van der Waals surface area contributed by atoms with E-state index in [4.69, 9.17) is 5.11 Å². The minimum atomic E-state index is -1.18. The number of nitrogens with zero attached hydrogens (tertiary/aromatic N) is 2. The Bertz CT molecular complexity index is 740. The van der Waals surface area contributed by atoms with E-state index >= 15 is 0 Å². The minimum absolute atomic E-state index is 0.0654. The van der Waals surface area contributed by atoms with Crippen LogP contribution in [0.1, 0.15) is 46.7 Å². The lowest BCUT2D eigenvalue weighted by molar-refractivity contribution is 0.0689. The molecule has 7 nitrogen and oxygen atoms in total. The number of aromatic nitrogens is 2. The van der Waals surface area contributed by atoms with Crippen molar-refractivity contribution in [3.05, 3.63) is 48.0 Å². The van der Waals surface area contributed by atoms with Gasteiger partial charge < -0.3 is 15.7 Å². The second-order valence-corrected chi connectivity index (χ2v) is 5.72. The van der Waals surface area contributed by atoms with E-state index in [-0.39, 0.29) is 11.4 Å². The Morgan fingerprint density at radius 1 is 1.00 bits per heavy atom. The molecule has 1 aliphatic carbocycles. The average molecular weight is 326 g/mol. The van der Waals surface area contributed by atoms with Crippen LogP contribution in [-0.2, 0) is 0 Å². The molecule has 1 saturated carbocycles. The maximum absolute atomic E-state index is 12.3. The molecular weight excluding hydrogens is 308 g/mol. The van der Waals surface area contributed by atoms with Crippen LogP contribution >= 0.6 is 0 Å². The summed E-state index contributed by atoms with van der Waals surface area (Å²) in [5, 5.41) is 15.1. The Labute approximate surface area is 139 Å². The number of carbonyl (C=O) groups excluding carboxylic acids is 1. The molecule has 3 N–H and O–H groups in total. The van der Waals surface area contributed by atoms with Crippen molar-refractivity contribution < 1.29 is 14.7 Å². The second kappa shape index (κ2) is 7.08. The van der Waals surface area contributed by atoms with Crippen molar-refractivity contribution in [1.29, 1.82) is 0 Å². The number of nitrogens with one attached hydrogen (secondary N) is 2. The third-order valence-corrected chi connectivity index (χ3v) is 3.99. The highest BCUT2D eigenvalue weighted by atomic mass is 16.4. The highest BCUT2D eigenvalue weighted by molar-refractivity contribution is 6.04. The zero-order valence-corrected chi connectivity index (χ0v) is 13.0. The van der Waals surface area contributed by atoms with E-state index in [0.717, 1.165) is 30.9 Å². The second-order valence-electron chi connectivity index (χ2n) is 5.72. The van der Waals surface area contributed by atoms with Crippen molar-refractivity contribution in [2.24, 2.45) is 0 Å². The molecule has 1 fully saturated rings. The third-order valence-electron chi connectivity index (χ3n) is 3.99. The summed E-state index contributed by atoms with van der Waals surface area (Å²) in [5.41, 5.74) is 1.40. The standard InChI is InChI=1S/C17H18N4O3/c22-16(14-9-19-15(10-18-14)17(23)24)21-13-8-4-3-7-12(13)20-11-5-1-2-6-11/h3-4,7-11,20H,1-2,5-6H2,(H,21,22)(H,23,24). The molecule has 1 aromatic heterocycles. The fraction of sp³-hybridized carbons (Fsp3) is 0.294. The lowest BCUT2D eigenvalue weighted by atomic mass is 10.2. The molecule has 0 radical (unpaired) electrons. The number of hydrogen-bond donors (Lipinski definition) is 3. The van der Waals surface area contributed by atoms with Gasteiger partial charge in [-0.3, -0.25) is 4.79 Å². The smallest absolute Gasteiger partial charge is 0.356 e. The summed E-state index contributed by atoms with van der Waals surface area (Å²) in [6, 6.07) is 7.92. The zero-order valence-electron chi connectivity index (χ0n) is 13.0. The summed E-state index contributed by atoms with van der Waals surface area (Å²) >= 11 is 0. The van der Waals surface area contributed by atoms with Gasteiger partial charge in [0.2, 0.25) is 0 Å². The van der Waals surface area contributed by atoms with Gasteiger partial charge in [0.25, 0.3) is 5.91 Å². The molecule has 2 aromatic rings. The Kier molecular flexibility index (Phi) is 4.69. The fourth-order valence-electron chi connectivity index (χ4n) is 2.75. The summed E-state index contributed by atoms with van der Waals surface area (Å²) in [6.07, 6.45) is 6.93. The molecule has 0 saturated heterocycles. The number of para-hydroxylation sites is 2. The number of benzene rings is 1. The number of rotatable bonds is 5. The van der Waals surface area contributed by atoms with Gasteiger partial charge >= 0.3 is 5.97 Å². The number of anilines is 2. The van der Waals surface area contributed by atoms with Gasteiger partial charge in [-0.15, -0.1) is 0 Å². The molecule has 24 heavy (non-hydrogen) atoms. The highest BCUT2D eigenvalue weighted by Gasteiger charge is 2.17. The van der Waals surface area contributed by atoms with Gasteiger partial charge in [-0.2, -0.15) is 0 Å². The average Bonchev–Trinajstić information content (AvgIpc) is 3.10. The van der Waals surface area contributed by atoms with E-state index in [9.17, 15) is 9.59 Å². The number of aromatic carboxylic acids is 1. The van der Waals surface area contributed by atoms with Crippen molar-refractivity contribution in [2.45, 2.75) is 31.7 Å². The van der Waals surface area contributed by atoms with Crippen LogP contribution in [0.4, 0.5) is 11.4 Å². The Hall–Kier alpha value is -2.96. The molecular formula is C17H18N4O3. The molecule has 1 aromatic carbocycles. The molecule has 0 bridgehead atoms. The van der Waals surface area contributed by atoms with Crippen molar-refractivity contribution >= 4 is 23.3 Å². The van der Waals surface area contributed by atoms with Gasteiger partial charge in [0, 0.05) is 6.04 Å². The molecule has 1 aliphatic rings. The first-order valence-electron chi connectivity index (χ1n) is 7.86. The van der Waals surface area contributed by atoms with Crippen molar-refractivity contribution in [3.63, 3.8) is 0 Å². The Morgan fingerprint density at radius 2 is 1.62 bits per heavy atom. The maximum atomic E-state index is 12.3. The topological polar surface area (TPSA) is 104 Å². The fourth-order valence-corrected chi connectivity index (χ4v) is 2.75. The van der Waals surface area contributed by atoms with E-state index in [2.05, 4.69) is 20.6 Å². The van der Waals surface area contributed by atoms with Crippen molar-refractivity contribution in [3.8, 4) is 0 Å². The van der Waals surface area contributed by atoms with Gasteiger partial charge in [0.05, 0.1) is 23.8 Å². The summed E-state index contributed by atoms with van der Waals surface area (Å²) < 4.78 is 0. The van der Waals surface area contributed by atoms with Crippen LogP contribution < -0.4 is 10.6 Å².